The highest BCUT2D eigenvalue weighted by molar-refractivity contribution is 6.35. The number of benzene rings is 1. The van der Waals surface area contributed by atoms with Gasteiger partial charge in [-0.2, -0.15) is 4.98 Å². The summed E-state index contributed by atoms with van der Waals surface area (Å²) in [5.74, 6) is 0.0774. The van der Waals surface area contributed by atoms with Crippen LogP contribution in [-0.2, 0) is 31.9 Å². The number of carbonyl (C=O) groups is 1. The van der Waals surface area contributed by atoms with Crippen LogP contribution in [0.1, 0.15) is 17.9 Å². The molecule has 0 fully saturated rings. The van der Waals surface area contributed by atoms with E-state index in [9.17, 15) is 14.4 Å². The molecule has 5 rings (SSSR count). The van der Waals surface area contributed by atoms with E-state index in [1.807, 2.05) is 18.2 Å². The number of hydrogen-bond donors (Lipinski definition) is 3. The fourth-order valence-electron chi connectivity index (χ4n) is 4.05. The van der Waals surface area contributed by atoms with Crippen molar-refractivity contribution in [2.24, 2.45) is 14.1 Å². The lowest BCUT2D eigenvalue weighted by molar-refractivity contribution is -0.137. The van der Waals surface area contributed by atoms with Crippen molar-refractivity contribution in [3.63, 3.8) is 0 Å². The molecule has 0 aliphatic rings. The molecule has 0 saturated heterocycles. The number of carboxylic acid groups (broad SMARTS) is 1. The second-order valence-corrected chi connectivity index (χ2v) is 8.68. The Balaban J connectivity index is 1.53. The van der Waals surface area contributed by atoms with Crippen LogP contribution in [0.25, 0.3) is 22.1 Å². The molecule has 184 valence electrons. The van der Waals surface area contributed by atoms with Gasteiger partial charge in [0.1, 0.15) is 11.6 Å². The lowest BCUT2D eigenvalue weighted by Crippen LogP contribution is -2.39. The van der Waals surface area contributed by atoms with Crippen molar-refractivity contribution in [2.75, 3.05) is 5.32 Å². The van der Waals surface area contributed by atoms with Crippen LogP contribution in [-0.4, -0.2) is 44.7 Å². The van der Waals surface area contributed by atoms with Gasteiger partial charge in [0.05, 0.1) is 13.0 Å². The zero-order valence-electron chi connectivity index (χ0n) is 19.3. The van der Waals surface area contributed by atoms with Crippen LogP contribution in [0.4, 0.5) is 11.8 Å². The SMILES string of the molecule is Cn1c(Nc2ccnc(CCC(=O)O)n2)nc2c1c(=O)n(Cc1cc3c(Cl)cccc3[nH]1)c(=O)n2C. The average Bonchev–Trinajstić information content (AvgIpc) is 3.41. The van der Waals surface area contributed by atoms with Crippen LogP contribution < -0.4 is 16.6 Å². The zero-order chi connectivity index (χ0) is 25.6. The number of rotatable bonds is 7. The van der Waals surface area contributed by atoms with Crippen LogP contribution in [0.3, 0.4) is 0 Å². The van der Waals surface area contributed by atoms with E-state index in [1.54, 1.807) is 30.8 Å². The van der Waals surface area contributed by atoms with Gasteiger partial charge in [-0.05, 0) is 24.3 Å². The third-order valence-corrected chi connectivity index (χ3v) is 6.19. The summed E-state index contributed by atoms with van der Waals surface area (Å²) in [6.07, 6.45) is 1.58. The normalized spacial score (nSPS) is 11.4. The van der Waals surface area contributed by atoms with Gasteiger partial charge in [-0.1, -0.05) is 17.7 Å². The Hall–Kier alpha value is -4.45. The first-order valence-electron chi connectivity index (χ1n) is 11.0. The van der Waals surface area contributed by atoms with Gasteiger partial charge >= 0.3 is 11.7 Å². The minimum Gasteiger partial charge on any atom is -0.481 e. The molecule has 4 aromatic heterocycles. The minimum absolute atomic E-state index is 0.0270. The summed E-state index contributed by atoms with van der Waals surface area (Å²) in [4.78, 5) is 53.4. The molecule has 0 radical (unpaired) electrons. The van der Waals surface area contributed by atoms with Crippen LogP contribution in [0.5, 0.6) is 0 Å². The second kappa shape index (κ2) is 8.96. The summed E-state index contributed by atoms with van der Waals surface area (Å²) in [6, 6.07) is 8.88. The Kier molecular flexibility index (Phi) is 5.80. The van der Waals surface area contributed by atoms with Crippen molar-refractivity contribution in [3.05, 3.63) is 73.9 Å². The third-order valence-electron chi connectivity index (χ3n) is 5.86. The summed E-state index contributed by atoms with van der Waals surface area (Å²) >= 11 is 6.26. The summed E-state index contributed by atoms with van der Waals surface area (Å²) in [5, 5.41) is 13.3. The molecule has 13 heteroatoms. The lowest BCUT2D eigenvalue weighted by atomic mass is 10.2. The van der Waals surface area contributed by atoms with Crippen molar-refractivity contribution >= 4 is 51.4 Å². The number of H-pyrrole nitrogens is 1. The number of aryl methyl sites for hydroxylation is 3. The maximum atomic E-state index is 13.4. The molecule has 0 atom stereocenters. The van der Waals surface area contributed by atoms with Crippen molar-refractivity contribution in [2.45, 2.75) is 19.4 Å². The number of fused-ring (bicyclic) bond motifs is 2. The van der Waals surface area contributed by atoms with Crippen molar-refractivity contribution in [1.29, 1.82) is 0 Å². The number of carboxylic acids is 1. The summed E-state index contributed by atoms with van der Waals surface area (Å²) in [6.45, 7) is 0.0270. The first-order chi connectivity index (χ1) is 17.2. The highest BCUT2D eigenvalue weighted by atomic mass is 35.5. The van der Waals surface area contributed by atoms with Crippen molar-refractivity contribution < 1.29 is 9.90 Å². The van der Waals surface area contributed by atoms with Gasteiger partial charge in [-0.25, -0.2) is 14.8 Å². The van der Waals surface area contributed by atoms with E-state index in [-0.39, 0.29) is 36.5 Å². The number of aromatic nitrogens is 7. The van der Waals surface area contributed by atoms with Gasteiger partial charge in [0.2, 0.25) is 5.95 Å². The highest BCUT2D eigenvalue weighted by Gasteiger charge is 2.20. The molecule has 12 nitrogen and oxygen atoms in total. The molecule has 36 heavy (non-hydrogen) atoms. The number of imidazole rings is 1. The van der Waals surface area contributed by atoms with Crippen molar-refractivity contribution in [1.82, 2.24) is 33.6 Å². The quantitative estimate of drug-likeness (QED) is 0.302. The van der Waals surface area contributed by atoms with Crippen molar-refractivity contribution in [3.8, 4) is 0 Å². The van der Waals surface area contributed by atoms with E-state index < -0.39 is 17.2 Å². The fourth-order valence-corrected chi connectivity index (χ4v) is 4.28. The predicted octanol–water partition coefficient (Wildman–Crippen LogP) is 2.17. The van der Waals surface area contributed by atoms with E-state index in [0.29, 0.717) is 22.4 Å². The van der Waals surface area contributed by atoms with Crippen LogP contribution in [0.2, 0.25) is 5.02 Å². The summed E-state index contributed by atoms with van der Waals surface area (Å²) in [7, 11) is 3.21. The number of nitrogens with one attached hydrogen (secondary N) is 2. The standard InChI is InChI=1S/C23H21ClN8O4/c1-30-19-20(29-22(30)28-17-8-9-25-16(27-17)6-7-18(33)34)31(2)23(36)32(21(19)35)11-12-10-13-14(24)4-3-5-15(13)26-12/h3-5,8-10,26H,6-7,11H2,1-2H3,(H,33,34)(H,25,27,28,29). The van der Waals surface area contributed by atoms with Gasteiger partial charge in [0, 0.05) is 48.3 Å². The number of aliphatic carboxylic acids is 1. The highest BCUT2D eigenvalue weighted by Crippen LogP contribution is 2.24. The van der Waals surface area contributed by atoms with Gasteiger partial charge in [-0.15, -0.1) is 0 Å². The van der Waals surface area contributed by atoms with Gasteiger partial charge in [0.25, 0.3) is 5.56 Å². The van der Waals surface area contributed by atoms with E-state index in [1.165, 1.54) is 10.8 Å². The molecule has 0 amide bonds. The minimum atomic E-state index is -0.944. The fraction of sp³-hybridized carbons (Fsp3) is 0.217. The molecule has 0 saturated carbocycles. The van der Waals surface area contributed by atoms with Gasteiger partial charge in [-0.3, -0.25) is 18.7 Å². The lowest BCUT2D eigenvalue weighted by Gasteiger charge is -2.08. The molecular weight excluding hydrogens is 488 g/mol. The molecule has 0 spiro atoms. The van der Waals surface area contributed by atoms with Crippen LogP contribution in [0, 0.1) is 0 Å². The Morgan fingerprint density at radius 3 is 2.72 bits per heavy atom. The molecule has 0 unspecified atom stereocenters. The summed E-state index contributed by atoms with van der Waals surface area (Å²) < 4.78 is 4.01. The van der Waals surface area contributed by atoms with Crippen LogP contribution in [0.15, 0.2) is 46.1 Å². The first kappa shape index (κ1) is 23.3. The monoisotopic (exact) mass is 508 g/mol. The number of anilines is 2. The van der Waals surface area contributed by atoms with E-state index in [2.05, 4.69) is 25.3 Å². The number of halogens is 1. The molecular formula is C23H21ClN8O4. The molecule has 1 aromatic carbocycles. The Bertz CT molecular complexity index is 1760. The first-order valence-corrected chi connectivity index (χ1v) is 11.3. The largest absolute Gasteiger partial charge is 0.481 e. The number of nitrogens with zero attached hydrogens (tertiary/aromatic N) is 6. The Labute approximate surface area is 207 Å². The molecule has 0 aliphatic carbocycles. The zero-order valence-corrected chi connectivity index (χ0v) is 20.1. The molecule has 5 aromatic rings. The molecule has 0 bridgehead atoms. The van der Waals surface area contributed by atoms with Crippen LogP contribution >= 0.6 is 11.6 Å². The summed E-state index contributed by atoms with van der Waals surface area (Å²) in [5.41, 5.74) is 0.903. The van der Waals surface area contributed by atoms with Gasteiger partial charge in [0.15, 0.2) is 11.2 Å². The Morgan fingerprint density at radius 1 is 1.17 bits per heavy atom. The number of aromatic amines is 1. The second-order valence-electron chi connectivity index (χ2n) is 8.27. The number of hydrogen-bond acceptors (Lipinski definition) is 7. The molecule has 3 N–H and O–H groups in total. The van der Waals surface area contributed by atoms with E-state index >= 15 is 0 Å². The maximum Gasteiger partial charge on any atom is 0.332 e. The van der Waals surface area contributed by atoms with E-state index in [0.717, 1.165) is 15.5 Å². The predicted molar refractivity (Wildman–Crippen MR) is 134 cm³/mol. The topological polar surface area (TPSA) is 153 Å². The third kappa shape index (κ3) is 4.11. The molecule has 4 heterocycles. The smallest absolute Gasteiger partial charge is 0.332 e. The maximum absolute atomic E-state index is 13.4. The average molecular weight is 509 g/mol. The molecule has 0 aliphatic heterocycles. The Morgan fingerprint density at radius 2 is 1.97 bits per heavy atom. The van der Waals surface area contributed by atoms with E-state index in [4.69, 9.17) is 16.7 Å². The van der Waals surface area contributed by atoms with Gasteiger partial charge < -0.3 is 20.0 Å².